The average molecular weight is 376 g/mol. The van der Waals surface area contributed by atoms with Crippen LogP contribution in [-0.2, 0) is 5.54 Å². The summed E-state index contributed by atoms with van der Waals surface area (Å²) in [5, 5.41) is 4.19. The number of allylic oxidation sites excluding steroid dienone is 1. The summed E-state index contributed by atoms with van der Waals surface area (Å²) in [6, 6.07) is 11.2. The molecule has 0 bridgehead atoms. The van der Waals surface area contributed by atoms with E-state index in [9.17, 15) is 4.79 Å². The minimum absolute atomic E-state index is 0.0511. The van der Waals surface area contributed by atoms with Crippen molar-refractivity contribution in [2.75, 3.05) is 7.11 Å². The maximum absolute atomic E-state index is 12.3. The van der Waals surface area contributed by atoms with Crippen molar-refractivity contribution in [2.24, 2.45) is 0 Å². The molecule has 3 nitrogen and oxygen atoms in total. The number of hydrogen-bond acceptors (Lipinski definition) is 2. The lowest BCUT2D eigenvalue weighted by Gasteiger charge is -2.25. The monoisotopic (exact) mass is 375 g/mol. The number of nitrogens with one attached hydrogen (secondary N) is 1. The van der Waals surface area contributed by atoms with E-state index in [-0.39, 0.29) is 11.4 Å². The summed E-state index contributed by atoms with van der Waals surface area (Å²) < 4.78 is 5.21. The van der Waals surface area contributed by atoms with Crippen LogP contribution in [0.4, 0.5) is 0 Å². The molecule has 1 atom stereocenters. The van der Waals surface area contributed by atoms with Gasteiger partial charge in [-0.15, -0.1) is 0 Å². The van der Waals surface area contributed by atoms with Crippen LogP contribution in [0.15, 0.2) is 42.5 Å². The molecule has 0 aromatic heterocycles. The molecule has 5 heteroatoms. The molecule has 3 rings (SSSR count). The number of benzene rings is 2. The van der Waals surface area contributed by atoms with E-state index in [1.807, 2.05) is 30.3 Å². The predicted octanol–water partition coefficient (Wildman–Crippen LogP) is 5.45. The van der Waals surface area contributed by atoms with Gasteiger partial charge in [0, 0.05) is 5.56 Å². The summed E-state index contributed by atoms with van der Waals surface area (Å²) in [6.45, 7) is 2.05. The number of hydrogen-bond donors (Lipinski definition) is 1. The van der Waals surface area contributed by atoms with Crippen LogP contribution in [0, 0.1) is 0 Å². The standard InChI is InChI=1S/C20H19Cl2NO2/c1-20(10-4-3-5-13-6-9-17(21)18(22)11-13)16-8-7-14(25-2)12-15(16)19(24)23-20/h3,5-9,11-12H,4,10H2,1-2H3,(H,23,24). The van der Waals surface area contributed by atoms with Crippen molar-refractivity contribution < 1.29 is 9.53 Å². The fraction of sp³-hybridized carbons (Fsp3) is 0.250. The van der Waals surface area contributed by atoms with Gasteiger partial charge in [0.2, 0.25) is 0 Å². The van der Waals surface area contributed by atoms with E-state index in [0.717, 1.165) is 24.0 Å². The highest BCUT2D eigenvalue weighted by Crippen LogP contribution is 2.36. The van der Waals surface area contributed by atoms with Gasteiger partial charge in [0.1, 0.15) is 5.75 Å². The summed E-state index contributed by atoms with van der Waals surface area (Å²) in [4.78, 5) is 12.3. The number of methoxy groups -OCH3 is 1. The predicted molar refractivity (Wildman–Crippen MR) is 103 cm³/mol. The first-order valence-electron chi connectivity index (χ1n) is 8.05. The van der Waals surface area contributed by atoms with Crippen LogP contribution in [0.3, 0.4) is 0 Å². The Morgan fingerprint density at radius 2 is 1.96 bits per heavy atom. The molecule has 1 aliphatic rings. The number of fused-ring (bicyclic) bond motifs is 1. The van der Waals surface area contributed by atoms with E-state index >= 15 is 0 Å². The average Bonchev–Trinajstić information content (AvgIpc) is 2.85. The quantitative estimate of drug-likeness (QED) is 0.753. The normalized spacial score (nSPS) is 19.1. The summed E-state index contributed by atoms with van der Waals surface area (Å²) in [6.07, 6.45) is 5.72. The molecule has 0 aliphatic carbocycles. The maximum Gasteiger partial charge on any atom is 0.252 e. The van der Waals surface area contributed by atoms with Crippen LogP contribution in [-0.4, -0.2) is 13.0 Å². The number of halogens is 2. The van der Waals surface area contributed by atoms with E-state index in [2.05, 4.69) is 18.3 Å². The van der Waals surface area contributed by atoms with E-state index in [0.29, 0.717) is 21.4 Å². The van der Waals surface area contributed by atoms with Gasteiger partial charge in [-0.3, -0.25) is 4.79 Å². The van der Waals surface area contributed by atoms with Gasteiger partial charge in [-0.2, -0.15) is 0 Å². The van der Waals surface area contributed by atoms with Gasteiger partial charge in [-0.25, -0.2) is 0 Å². The van der Waals surface area contributed by atoms with Gasteiger partial charge in [-0.05, 0) is 55.2 Å². The van der Waals surface area contributed by atoms with E-state index in [4.69, 9.17) is 27.9 Å². The zero-order valence-corrected chi connectivity index (χ0v) is 15.6. The third kappa shape index (κ3) is 3.68. The maximum atomic E-state index is 12.3. The minimum Gasteiger partial charge on any atom is -0.497 e. The van der Waals surface area contributed by atoms with Gasteiger partial charge in [-0.1, -0.05) is 47.5 Å². The molecule has 25 heavy (non-hydrogen) atoms. The summed E-state index contributed by atoms with van der Waals surface area (Å²) >= 11 is 12.0. The molecule has 0 fully saturated rings. The molecule has 2 aromatic carbocycles. The van der Waals surface area contributed by atoms with Gasteiger partial charge < -0.3 is 10.1 Å². The molecule has 0 radical (unpaired) electrons. The zero-order chi connectivity index (χ0) is 18.0. The van der Waals surface area contributed by atoms with Crippen LogP contribution in [0.25, 0.3) is 6.08 Å². The first-order valence-corrected chi connectivity index (χ1v) is 8.81. The molecule has 1 aliphatic heterocycles. The Kier molecular flexibility index (Phi) is 5.07. The molecule has 0 saturated heterocycles. The zero-order valence-electron chi connectivity index (χ0n) is 14.1. The number of amides is 1. The highest BCUT2D eigenvalue weighted by molar-refractivity contribution is 6.42. The van der Waals surface area contributed by atoms with Crippen molar-refractivity contribution in [3.05, 3.63) is 69.2 Å². The highest BCUT2D eigenvalue weighted by atomic mass is 35.5. The lowest BCUT2D eigenvalue weighted by molar-refractivity contribution is 0.0932. The fourth-order valence-corrected chi connectivity index (χ4v) is 3.42. The molecule has 0 spiro atoms. The smallest absolute Gasteiger partial charge is 0.252 e. The molecule has 1 amide bonds. The van der Waals surface area contributed by atoms with Gasteiger partial charge in [0.15, 0.2) is 0 Å². The van der Waals surface area contributed by atoms with Gasteiger partial charge in [0.05, 0.1) is 22.7 Å². The van der Waals surface area contributed by atoms with Crippen molar-refractivity contribution in [2.45, 2.75) is 25.3 Å². The second-order valence-electron chi connectivity index (χ2n) is 6.31. The first-order chi connectivity index (χ1) is 11.9. The van der Waals surface area contributed by atoms with Crippen LogP contribution in [0.1, 0.15) is 41.3 Å². The van der Waals surface area contributed by atoms with Crippen LogP contribution >= 0.6 is 23.2 Å². The SMILES string of the molecule is COc1ccc2c(c1)C(=O)NC2(C)CCC=Cc1ccc(Cl)c(Cl)c1. The molecule has 2 aromatic rings. The Balaban J connectivity index is 1.70. The lowest BCUT2D eigenvalue weighted by Crippen LogP contribution is -2.36. The van der Waals surface area contributed by atoms with E-state index < -0.39 is 0 Å². The molecule has 1 unspecified atom stereocenters. The van der Waals surface area contributed by atoms with Crippen LogP contribution < -0.4 is 10.1 Å². The Morgan fingerprint density at radius 1 is 1.16 bits per heavy atom. The van der Waals surface area contributed by atoms with Crippen molar-refractivity contribution in [3.63, 3.8) is 0 Å². The van der Waals surface area contributed by atoms with Crippen molar-refractivity contribution in [1.29, 1.82) is 0 Å². The number of carbonyl (C=O) groups excluding carboxylic acids is 1. The molecular formula is C20H19Cl2NO2. The Labute approximate surface area is 157 Å². The number of rotatable bonds is 5. The van der Waals surface area contributed by atoms with Crippen LogP contribution in [0.5, 0.6) is 5.75 Å². The molecule has 1 heterocycles. The highest BCUT2D eigenvalue weighted by Gasteiger charge is 2.38. The van der Waals surface area contributed by atoms with Crippen molar-refractivity contribution in [3.8, 4) is 5.75 Å². The second-order valence-corrected chi connectivity index (χ2v) is 7.13. The number of carbonyl (C=O) groups is 1. The Bertz CT molecular complexity index is 848. The fourth-order valence-electron chi connectivity index (χ4n) is 3.11. The third-order valence-corrected chi connectivity index (χ3v) is 5.26. The second kappa shape index (κ2) is 7.11. The largest absolute Gasteiger partial charge is 0.497 e. The summed E-state index contributed by atoms with van der Waals surface area (Å²) in [7, 11) is 1.60. The summed E-state index contributed by atoms with van der Waals surface area (Å²) in [5.74, 6) is 0.641. The van der Waals surface area contributed by atoms with Crippen LogP contribution in [0.2, 0.25) is 10.0 Å². The molecule has 130 valence electrons. The third-order valence-electron chi connectivity index (χ3n) is 4.52. The Hall–Kier alpha value is -1.97. The molecule has 1 N–H and O–H groups in total. The summed E-state index contributed by atoms with van der Waals surface area (Å²) in [5.41, 5.74) is 2.33. The topological polar surface area (TPSA) is 38.3 Å². The molecule has 0 saturated carbocycles. The minimum atomic E-state index is -0.374. The first kappa shape index (κ1) is 17.8. The van der Waals surface area contributed by atoms with E-state index in [1.54, 1.807) is 19.2 Å². The number of ether oxygens (including phenoxy) is 1. The van der Waals surface area contributed by atoms with Gasteiger partial charge >= 0.3 is 0 Å². The Morgan fingerprint density at radius 3 is 2.68 bits per heavy atom. The van der Waals surface area contributed by atoms with Gasteiger partial charge in [0.25, 0.3) is 5.91 Å². The van der Waals surface area contributed by atoms with Crippen molar-refractivity contribution in [1.82, 2.24) is 5.32 Å². The van der Waals surface area contributed by atoms with Crippen molar-refractivity contribution >= 4 is 35.2 Å². The van der Waals surface area contributed by atoms with E-state index in [1.165, 1.54) is 0 Å². The molecular weight excluding hydrogens is 357 g/mol. The lowest BCUT2D eigenvalue weighted by atomic mass is 9.88.